The maximum Gasteiger partial charge on any atom is 0.320 e. The monoisotopic (exact) mass is 554 g/mol. The third kappa shape index (κ3) is 5.40. The van der Waals surface area contributed by atoms with Gasteiger partial charge in [-0.25, -0.2) is 14.6 Å². The molecule has 6 rings (SSSR count). The van der Waals surface area contributed by atoms with E-state index in [1.165, 1.54) is 5.57 Å². The van der Waals surface area contributed by atoms with Gasteiger partial charge in [-0.1, -0.05) is 18.2 Å². The molecule has 0 saturated carbocycles. The van der Waals surface area contributed by atoms with E-state index in [1.54, 1.807) is 7.05 Å². The molecule has 0 atom stereocenters. The number of H-pyrrole nitrogens is 1. The first-order valence-electron chi connectivity index (χ1n) is 14.0. The summed E-state index contributed by atoms with van der Waals surface area (Å²) in [5.74, 6) is 0. The van der Waals surface area contributed by atoms with Crippen LogP contribution in [0.4, 0.5) is 15.3 Å². The summed E-state index contributed by atoms with van der Waals surface area (Å²) < 4.78 is 7.32. The number of nitrogens with zero attached hydrogens (tertiary/aromatic N) is 5. The molecule has 1 fully saturated rings. The van der Waals surface area contributed by atoms with Crippen LogP contribution >= 0.6 is 0 Å². The zero-order chi connectivity index (χ0) is 28.3. The smallest absolute Gasteiger partial charge is 0.320 e. The van der Waals surface area contributed by atoms with Crippen molar-refractivity contribution in [3.8, 4) is 22.4 Å². The Morgan fingerprint density at radius 3 is 2.56 bits per heavy atom. The van der Waals surface area contributed by atoms with Gasteiger partial charge in [-0.15, -0.1) is 0 Å². The molecule has 0 spiro atoms. The fourth-order valence-electron chi connectivity index (χ4n) is 5.38. The Balaban J connectivity index is 1.28. The molecule has 212 valence electrons. The maximum absolute atomic E-state index is 12.9. The van der Waals surface area contributed by atoms with Gasteiger partial charge >= 0.3 is 12.1 Å². The molecule has 11 heteroatoms. The number of urea groups is 2. The van der Waals surface area contributed by atoms with Crippen LogP contribution in [0.5, 0.6) is 0 Å². The molecule has 3 N–H and O–H groups in total. The maximum atomic E-state index is 12.9. The highest BCUT2D eigenvalue weighted by Crippen LogP contribution is 2.37. The lowest BCUT2D eigenvalue weighted by molar-refractivity contribution is 0.0441. The zero-order valence-corrected chi connectivity index (χ0v) is 23.3. The summed E-state index contributed by atoms with van der Waals surface area (Å²) in [5.41, 5.74) is 7.59. The lowest BCUT2D eigenvalue weighted by atomic mass is 9.99. The van der Waals surface area contributed by atoms with E-state index >= 15 is 0 Å². The number of fused-ring (bicyclic) bond motifs is 1. The van der Waals surface area contributed by atoms with Gasteiger partial charge in [0.15, 0.2) is 0 Å². The van der Waals surface area contributed by atoms with Crippen molar-refractivity contribution < 1.29 is 14.3 Å². The summed E-state index contributed by atoms with van der Waals surface area (Å²) in [6.07, 6.45) is 6.80. The number of amides is 4. The summed E-state index contributed by atoms with van der Waals surface area (Å²) in [5, 5.41) is 11.2. The quantitative estimate of drug-likeness (QED) is 0.338. The van der Waals surface area contributed by atoms with Gasteiger partial charge in [0.2, 0.25) is 0 Å². The van der Waals surface area contributed by atoms with Crippen LogP contribution < -0.4 is 10.6 Å². The van der Waals surface area contributed by atoms with Crippen LogP contribution in [0.1, 0.15) is 19.0 Å². The van der Waals surface area contributed by atoms with Crippen molar-refractivity contribution in [1.82, 2.24) is 34.9 Å². The molecule has 5 heterocycles. The molecule has 1 saturated heterocycles. The molecule has 4 amide bonds. The summed E-state index contributed by atoms with van der Waals surface area (Å²) in [4.78, 5) is 36.5. The number of ether oxygens (including phenoxy) is 1. The number of aromatic nitrogens is 4. The minimum absolute atomic E-state index is 0.0853. The lowest BCUT2D eigenvalue weighted by Crippen LogP contribution is -2.49. The van der Waals surface area contributed by atoms with Crippen molar-refractivity contribution in [3.63, 3.8) is 0 Å². The molecule has 0 radical (unpaired) electrons. The van der Waals surface area contributed by atoms with Crippen molar-refractivity contribution in [2.24, 2.45) is 0 Å². The molecule has 4 aromatic rings. The van der Waals surface area contributed by atoms with Gasteiger partial charge in [-0.05, 0) is 48.7 Å². The third-order valence-corrected chi connectivity index (χ3v) is 7.66. The Hall–Kier alpha value is -4.64. The Morgan fingerprint density at radius 2 is 1.85 bits per heavy atom. The van der Waals surface area contributed by atoms with Gasteiger partial charge in [0.05, 0.1) is 13.2 Å². The average molecular weight is 555 g/mol. The number of carbonyl (C=O) groups excluding carboxylic acids is 2. The van der Waals surface area contributed by atoms with Crippen molar-refractivity contribution in [3.05, 3.63) is 60.6 Å². The number of carbonyl (C=O) groups is 2. The Labute approximate surface area is 238 Å². The number of nitrogens with one attached hydrogen (secondary N) is 3. The number of morpholine rings is 1. The van der Waals surface area contributed by atoms with E-state index in [4.69, 9.17) is 9.84 Å². The largest absolute Gasteiger partial charge is 0.378 e. The number of rotatable bonds is 5. The van der Waals surface area contributed by atoms with Gasteiger partial charge < -0.3 is 30.2 Å². The second-order valence-corrected chi connectivity index (χ2v) is 10.1. The summed E-state index contributed by atoms with van der Waals surface area (Å²) in [6.45, 7) is 6.56. The number of aryl methyl sites for hydroxylation is 1. The van der Waals surface area contributed by atoms with E-state index in [2.05, 4.69) is 45.9 Å². The predicted molar refractivity (Wildman–Crippen MR) is 158 cm³/mol. The molecule has 2 aliphatic rings. The van der Waals surface area contributed by atoms with Crippen LogP contribution in [0.15, 0.2) is 54.9 Å². The first-order chi connectivity index (χ1) is 20.0. The summed E-state index contributed by atoms with van der Waals surface area (Å²) >= 11 is 0. The highest BCUT2D eigenvalue weighted by Gasteiger charge is 2.25. The Bertz CT molecular complexity index is 1600. The fourth-order valence-corrected chi connectivity index (χ4v) is 5.38. The fraction of sp³-hybridized carbons (Fsp3) is 0.333. The topological polar surface area (TPSA) is 120 Å². The van der Waals surface area contributed by atoms with Crippen LogP contribution in [0.25, 0.3) is 39.0 Å². The minimum atomic E-state index is -0.263. The normalized spacial score (nSPS) is 15.6. The van der Waals surface area contributed by atoms with Crippen LogP contribution in [-0.4, -0.2) is 88.1 Å². The summed E-state index contributed by atoms with van der Waals surface area (Å²) in [7, 11) is 1.59. The highest BCUT2D eigenvalue weighted by molar-refractivity contribution is 5.99. The van der Waals surface area contributed by atoms with E-state index in [-0.39, 0.29) is 12.1 Å². The molecule has 0 unspecified atom stereocenters. The molecule has 1 aromatic carbocycles. The van der Waals surface area contributed by atoms with Gasteiger partial charge in [0, 0.05) is 80.1 Å². The number of benzene rings is 1. The molecular formula is C30H34N8O3. The molecule has 0 aliphatic carbocycles. The lowest BCUT2D eigenvalue weighted by Gasteiger charge is -2.34. The van der Waals surface area contributed by atoms with E-state index in [0.29, 0.717) is 45.1 Å². The van der Waals surface area contributed by atoms with Crippen molar-refractivity contribution >= 4 is 34.4 Å². The van der Waals surface area contributed by atoms with Crippen molar-refractivity contribution in [2.75, 3.05) is 51.8 Å². The van der Waals surface area contributed by atoms with E-state index in [0.717, 1.165) is 52.1 Å². The van der Waals surface area contributed by atoms with Crippen LogP contribution in [-0.2, 0) is 11.3 Å². The zero-order valence-electron chi connectivity index (χ0n) is 23.3. The number of hydrogen-bond acceptors (Lipinski definition) is 5. The van der Waals surface area contributed by atoms with E-state index in [1.807, 2.05) is 51.0 Å². The van der Waals surface area contributed by atoms with Crippen molar-refractivity contribution in [2.45, 2.75) is 19.9 Å². The van der Waals surface area contributed by atoms with Gasteiger partial charge in [-0.2, -0.15) is 5.10 Å². The number of anilines is 1. The molecular weight excluding hydrogens is 520 g/mol. The van der Waals surface area contributed by atoms with Gasteiger partial charge in [-0.3, -0.25) is 4.68 Å². The Morgan fingerprint density at radius 1 is 1.05 bits per heavy atom. The highest BCUT2D eigenvalue weighted by atomic mass is 16.5. The molecule has 2 aliphatic heterocycles. The van der Waals surface area contributed by atoms with E-state index in [9.17, 15) is 9.59 Å². The van der Waals surface area contributed by atoms with Crippen LogP contribution in [0.2, 0.25) is 0 Å². The predicted octanol–water partition coefficient (Wildman–Crippen LogP) is 4.41. The molecule has 0 bridgehead atoms. The molecule has 3 aromatic heterocycles. The first kappa shape index (κ1) is 26.6. The second kappa shape index (κ2) is 11.5. The third-order valence-electron chi connectivity index (χ3n) is 7.66. The SMILES string of the molecule is CCn1cc(-c2ccnc3[nH]c(C4=CCN(C(=O)N5CCOCC5)CC4)cc23)c(-c2ccc(NC(=O)NC)cc2)n1. The number of aromatic amines is 1. The second-order valence-electron chi connectivity index (χ2n) is 10.1. The first-order valence-corrected chi connectivity index (χ1v) is 14.0. The van der Waals surface area contributed by atoms with Gasteiger partial charge in [0.1, 0.15) is 11.3 Å². The standard InChI is InChI=1S/C30H34N8O3/c1-3-38-19-25(27(35-38)21-4-6-22(7-5-21)33-29(39)31-2)23-8-11-32-28-24(23)18-26(34-28)20-9-12-36(13-10-20)30(40)37-14-16-41-17-15-37/h4-9,11,18-19H,3,10,12-17H2,1-2H3,(H,32,34)(H2,31,33,39). The average Bonchev–Trinajstić information content (AvgIpc) is 3.66. The van der Waals surface area contributed by atoms with Crippen LogP contribution in [0, 0.1) is 0 Å². The number of hydrogen-bond donors (Lipinski definition) is 3. The van der Waals surface area contributed by atoms with E-state index < -0.39 is 0 Å². The molecule has 11 nitrogen and oxygen atoms in total. The van der Waals surface area contributed by atoms with Gasteiger partial charge in [0.25, 0.3) is 0 Å². The van der Waals surface area contributed by atoms with Crippen LogP contribution in [0.3, 0.4) is 0 Å². The molecule has 41 heavy (non-hydrogen) atoms. The minimum Gasteiger partial charge on any atom is -0.378 e. The van der Waals surface area contributed by atoms with Crippen molar-refractivity contribution in [1.29, 1.82) is 0 Å². The Kier molecular flexibility index (Phi) is 7.43. The summed E-state index contributed by atoms with van der Waals surface area (Å²) in [6, 6.07) is 11.7. The number of pyridine rings is 1.